The van der Waals surface area contributed by atoms with Crippen LogP contribution < -0.4 is 11.1 Å². The third kappa shape index (κ3) is 2.31. The van der Waals surface area contributed by atoms with Crippen molar-refractivity contribution < 1.29 is 4.79 Å². The van der Waals surface area contributed by atoms with Crippen molar-refractivity contribution in [3.63, 3.8) is 0 Å². The van der Waals surface area contributed by atoms with Crippen LogP contribution in [0.15, 0.2) is 11.1 Å². The van der Waals surface area contributed by atoms with Gasteiger partial charge in [-0.1, -0.05) is 22.5 Å². The van der Waals surface area contributed by atoms with Crippen molar-refractivity contribution in [2.45, 2.75) is 18.4 Å². The van der Waals surface area contributed by atoms with Gasteiger partial charge in [-0.2, -0.15) is 0 Å². The van der Waals surface area contributed by atoms with Crippen molar-refractivity contribution in [1.82, 2.24) is 5.32 Å². The van der Waals surface area contributed by atoms with Crippen LogP contribution in [0.3, 0.4) is 0 Å². The van der Waals surface area contributed by atoms with E-state index >= 15 is 0 Å². The summed E-state index contributed by atoms with van der Waals surface area (Å²) in [5.41, 5.74) is 5.05. The van der Waals surface area contributed by atoms with Gasteiger partial charge < -0.3 is 11.1 Å². The van der Waals surface area contributed by atoms with Crippen LogP contribution in [0.1, 0.15) is 12.8 Å². The fraction of sp³-hybridized carbons (Fsp3) is 0.571. The van der Waals surface area contributed by atoms with Crippen LogP contribution in [0.25, 0.3) is 0 Å². The van der Waals surface area contributed by atoms with E-state index in [1.165, 1.54) is 0 Å². The molecule has 11 heavy (non-hydrogen) atoms. The summed E-state index contributed by atoms with van der Waals surface area (Å²) in [6.07, 6.45) is 1.60. The van der Waals surface area contributed by atoms with Crippen molar-refractivity contribution in [3.05, 3.63) is 11.1 Å². The van der Waals surface area contributed by atoms with Crippen LogP contribution in [0, 0.1) is 0 Å². The molecule has 62 valence electrons. The van der Waals surface area contributed by atoms with E-state index in [4.69, 9.17) is 5.73 Å². The molecule has 0 bridgehead atoms. The van der Waals surface area contributed by atoms with Gasteiger partial charge in [0.05, 0.1) is 5.54 Å². The van der Waals surface area contributed by atoms with Gasteiger partial charge >= 0.3 is 0 Å². The number of hydrogen-bond donors (Lipinski definition) is 2. The molecule has 1 aliphatic carbocycles. The molecule has 1 aliphatic rings. The second-order valence-corrected chi connectivity index (χ2v) is 3.98. The number of halogens is 1. The van der Waals surface area contributed by atoms with Crippen LogP contribution in [0.5, 0.6) is 0 Å². The van der Waals surface area contributed by atoms with E-state index in [1.807, 2.05) is 0 Å². The van der Waals surface area contributed by atoms with Gasteiger partial charge in [0.1, 0.15) is 0 Å². The molecule has 0 aliphatic heterocycles. The third-order valence-electron chi connectivity index (χ3n) is 1.68. The zero-order chi connectivity index (χ0) is 8.48. The van der Waals surface area contributed by atoms with Crippen LogP contribution in [0.4, 0.5) is 0 Å². The molecule has 0 aromatic heterocycles. The number of amides is 1. The summed E-state index contributed by atoms with van der Waals surface area (Å²) in [6.45, 7) is 4.05. The molecular weight excluding hydrogens is 208 g/mol. The van der Waals surface area contributed by atoms with E-state index in [1.54, 1.807) is 0 Å². The number of carbonyl (C=O) groups is 1. The van der Waals surface area contributed by atoms with Crippen molar-refractivity contribution in [3.8, 4) is 0 Å². The fourth-order valence-corrected chi connectivity index (χ4v) is 0.854. The highest BCUT2D eigenvalue weighted by molar-refractivity contribution is 9.11. The molecule has 4 heteroatoms. The lowest BCUT2D eigenvalue weighted by Crippen LogP contribution is -2.42. The lowest BCUT2D eigenvalue weighted by atomic mass is 10.3. The van der Waals surface area contributed by atoms with Gasteiger partial charge in [-0.25, -0.2) is 0 Å². The van der Waals surface area contributed by atoms with Crippen LogP contribution in [0.2, 0.25) is 0 Å². The minimum absolute atomic E-state index is 0.0712. The average molecular weight is 219 g/mol. The van der Waals surface area contributed by atoms with Crippen LogP contribution in [-0.4, -0.2) is 18.0 Å². The summed E-state index contributed by atoms with van der Waals surface area (Å²) in [6, 6.07) is 0. The monoisotopic (exact) mass is 218 g/mol. The van der Waals surface area contributed by atoms with Gasteiger partial charge in [0.25, 0.3) is 0 Å². The maximum absolute atomic E-state index is 11.1. The van der Waals surface area contributed by atoms with E-state index in [9.17, 15) is 4.79 Å². The number of nitrogens with two attached hydrogens (primary N) is 1. The Morgan fingerprint density at radius 3 is 2.64 bits per heavy atom. The Morgan fingerprint density at radius 2 is 2.27 bits per heavy atom. The maximum Gasteiger partial charge on any atom is 0.240 e. The molecule has 0 heterocycles. The molecule has 0 unspecified atom stereocenters. The summed E-state index contributed by atoms with van der Waals surface area (Å²) in [4.78, 5) is 11.1. The standard InChI is InChI=1S/C7H11BrN2O/c1-5(8)4-10-6(11)7(9)2-3-7/h1-4,9H2,(H,10,11). The largest absolute Gasteiger partial charge is 0.350 e. The topological polar surface area (TPSA) is 55.1 Å². The van der Waals surface area contributed by atoms with E-state index in [2.05, 4.69) is 27.8 Å². The van der Waals surface area contributed by atoms with Crippen molar-refractivity contribution in [1.29, 1.82) is 0 Å². The predicted octanol–water partition coefficient (Wildman–Crippen LogP) is 0.502. The summed E-state index contributed by atoms with van der Waals surface area (Å²) >= 11 is 3.14. The third-order valence-corrected chi connectivity index (χ3v) is 1.96. The Balaban J connectivity index is 2.27. The van der Waals surface area contributed by atoms with E-state index in [0.29, 0.717) is 6.54 Å². The summed E-state index contributed by atoms with van der Waals surface area (Å²) < 4.78 is 0.759. The predicted molar refractivity (Wildman–Crippen MR) is 47.2 cm³/mol. The van der Waals surface area contributed by atoms with Gasteiger partial charge in [0.2, 0.25) is 5.91 Å². The molecule has 0 aromatic carbocycles. The Morgan fingerprint density at radius 1 is 1.73 bits per heavy atom. The molecule has 0 spiro atoms. The van der Waals surface area contributed by atoms with E-state index < -0.39 is 5.54 Å². The number of hydrogen-bond acceptors (Lipinski definition) is 2. The molecule has 1 amide bonds. The zero-order valence-electron chi connectivity index (χ0n) is 6.19. The molecule has 3 N–H and O–H groups in total. The number of carbonyl (C=O) groups excluding carboxylic acids is 1. The molecule has 0 radical (unpaired) electrons. The number of nitrogens with one attached hydrogen (secondary N) is 1. The zero-order valence-corrected chi connectivity index (χ0v) is 7.78. The summed E-state index contributed by atoms with van der Waals surface area (Å²) in [5.74, 6) is -0.0712. The molecule has 1 rings (SSSR count). The minimum Gasteiger partial charge on any atom is -0.350 e. The first-order chi connectivity index (χ1) is 5.04. The van der Waals surface area contributed by atoms with Crippen LogP contribution in [-0.2, 0) is 4.79 Å². The lowest BCUT2D eigenvalue weighted by molar-refractivity contribution is -0.123. The van der Waals surface area contributed by atoms with Gasteiger partial charge in [0, 0.05) is 11.0 Å². The highest BCUT2D eigenvalue weighted by atomic mass is 79.9. The number of rotatable bonds is 3. The Hall–Kier alpha value is -0.350. The summed E-state index contributed by atoms with van der Waals surface area (Å²) in [7, 11) is 0. The molecule has 1 saturated carbocycles. The fourth-order valence-electron chi connectivity index (χ4n) is 0.714. The first-order valence-electron chi connectivity index (χ1n) is 3.45. The molecule has 0 aromatic rings. The Bertz CT molecular complexity index is 199. The molecular formula is C7H11BrN2O. The highest BCUT2D eigenvalue weighted by Gasteiger charge is 2.45. The second kappa shape index (κ2) is 2.95. The van der Waals surface area contributed by atoms with E-state index in [0.717, 1.165) is 17.3 Å². The average Bonchev–Trinajstić information content (AvgIpc) is 2.64. The van der Waals surface area contributed by atoms with Gasteiger partial charge in [-0.3, -0.25) is 4.79 Å². The first kappa shape index (κ1) is 8.74. The maximum atomic E-state index is 11.1. The van der Waals surface area contributed by atoms with Crippen molar-refractivity contribution in [2.24, 2.45) is 5.73 Å². The smallest absolute Gasteiger partial charge is 0.240 e. The first-order valence-corrected chi connectivity index (χ1v) is 4.24. The van der Waals surface area contributed by atoms with Gasteiger partial charge in [-0.05, 0) is 12.8 Å². The quantitative estimate of drug-likeness (QED) is 0.726. The molecule has 0 saturated heterocycles. The van der Waals surface area contributed by atoms with Crippen molar-refractivity contribution >= 4 is 21.8 Å². The van der Waals surface area contributed by atoms with Crippen molar-refractivity contribution in [2.75, 3.05) is 6.54 Å². The Labute approximate surface area is 74.2 Å². The lowest BCUT2D eigenvalue weighted by Gasteiger charge is -2.08. The van der Waals surface area contributed by atoms with Crippen LogP contribution >= 0.6 is 15.9 Å². The van der Waals surface area contributed by atoms with Gasteiger partial charge in [-0.15, -0.1) is 0 Å². The summed E-state index contributed by atoms with van der Waals surface area (Å²) in [5, 5.41) is 2.67. The SMILES string of the molecule is C=C(Br)CNC(=O)C1(N)CC1. The molecule has 0 atom stereocenters. The Kier molecular flexibility index (Phi) is 2.34. The minimum atomic E-state index is -0.567. The molecule has 1 fully saturated rings. The highest BCUT2D eigenvalue weighted by Crippen LogP contribution is 2.32. The van der Waals surface area contributed by atoms with E-state index in [-0.39, 0.29) is 5.91 Å². The second-order valence-electron chi connectivity index (χ2n) is 2.86. The molecule has 3 nitrogen and oxygen atoms in total. The van der Waals surface area contributed by atoms with Gasteiger partial charge in [0.15, 0.2) is 0 Å². The normalized spacial score (nSPS) is 19.1.